The van der Waals surface area contributed by atoms with Gasteiger partial charge in [-0.3, -0.25) is 4.79 Å². The van der Waals surface area contributed by atoms with Crippen molar-refractivity contribution in [2.45, 2.75) is 51.3 Å². The maximum absolute atomic E-state index is 12.7. The fourth-order valence-corrected chi connectivity index (χ4v) is 4.33. The van der Waals surface area contributed by atoms with Crippen molar-refractivity contribution in [2.24, 2.45) is 0 Å². The number of ether oxygens (including phenoxy) is 1. The average Bonchev–Trinajstić information content (AvgIpc) is 3.28. The van der Waals surface area contributed by atoms with Crippen LogP contribution in [0.4, 0.5) is 0 Å². The normalized spacial score (nSPS) is 18.0. The molecular formula is C24H28ClN3O3. The van der Waals surface area contributed by atoms with Crippen molar-refractivity contribution < 1.29 is 14.6 Å². The van der Waals surface area contributed by atoms with Crippen LogP contribution in [0.15, 0.2) is 48.5 Å². The van der Waals surface area contributed by atoms with Crippen LogP contribution in [-0.4, -0.2) is 50.3 Å². The molecule has 0 radical (unpaired) electrons. The van der Waals surface area contributed by atoms with E-state index in [-0.39, 0.29) is 24.0 Å². The summed E-state index contributed by atoms with van der Waals surface area (Å²) in [5, 5.41) is 11.2. The molecule has 1 amide bonds. The van der Waals surface area contributed by atoms with E-state index >= 15 is 0 Å². The monoisotopic (exact) mass is 441 g/mol. The van der Waals surface area contributed by atoms with E-state index in [0.29, 0.717) is 30.3 Å². The van der Waals surface area contributed by atoms with Crippen molar-refractivity contribution in [2.75, 3.05) is 13.2 Å². The van der Waals surface area contributed by atoms with Crippen LogP contribution in [0.3, 0.4) is 0 Å². The number of benzene rings is 2. The van der Waals surface area contributed by atoms with Crippen molar-refractivity contribution in [3.8, 4) is 5.75 Å². The van der Waals surface area contributed by atoms with Gasteiger partial charge in [-0.2, -0.15) is 0 Å². The fraction of sp³-hybridized carbons (Fsp3) is 0.417. The molecule has 1 aromatic heterocycles. The number of rotatable bonds is 6. The topological polar surface area (TPSA) is 67.6 Å². The van der Waals surface area contributed by atoms with E-state index < -0.39 is 6.10 Å². The molecule has 3 aromatic rings. The summed E-state index contributed by atoms with van der Waals surface area (Å²) in [5.74, 6) is 1.49. The standard InChI is InChI=1S/C24H28ClN3O3/c1-24(2,3)28-13-16(12-22(28)30)23-26-19-9-5-6-10-20(19)27(23)14-17(29)15-31-21-11-7-4-8-18(21)25/h4-11,16-17,29H,12-15H2,1-3H3. The Bertz CT molecular complexity index is 1090. The molecule has 0 bridgehead atoms. The minimum absolute atomic E-state index is 0.0178. The number of para-hydroxylation sites is 3. The van der Waals surface area contributed by atoms with E-state index in [9.17, 15) is 9.90 Å². The molecule has 1 aliphatic rings. The molecule has 0 aliphatic carbocycles. The van der Waals surface area contributed by atoms with E-state index in [0.717, 1.165) is 16.9 Å². The van der Waals surface area contributed by atoms with Crippen molar-refractivity contribution >= 4 is 28.5 Å². The van der Waals surface area contributed by atoms with Gasteiger partial charge in [-0.15, -0.1) is 0 Å². The molecule has 2 heterocycles. The molecule has 1 N–H and O–H groups in total. The number of carbonyl (C=O) groups is 1. The van der Waals surface area contributed by atoms with E-state index in [1.54, 1.807) is 12.1 Å². The molecule has 4 rings (SSSR count). The number of hydrogen-bond donors (Lipinski definition) is 1. The Labute approximate surface area is 187 Å². The molecule has 2 unspecified atom stereocenters. The maximum atomic E-state index is 12.7. The lowest BCUT2D eigenvalue weighted by Gasteiger charge is -2.32. The highest BCUT2D eigenvalue weighted by Gasteiger charge is 2.39. The summed E-state index contributed by atoms with van der Waals surface area (Å²) < 4.78 is 7.75. The molecule has 7 heteroatoms. The molecule has 1 aliphatic heterocycles. The zero-order valence-electron chi connectivity index (χ0n) is 18.1. The van der Waals surface area contributed by atoms with Crippen LogP contribution in [0.25, 0.3) is 11.0 Å². The van der Waals surface area contributed by atoms with Crippen LogP contribution in [0.1, 0.15) is 38.9 Å². The van der Waals surface area contributed by atoms with Crippen LogP contribution in [-0.2, 0) is 11.3 Å². The highest BCUT2D eigenvalue weighted by atomic mass is 35.5. The number of imidazole rings is 1. The molecule has 31 heavy (non-hydrogen) atoms. The third-order valence-corrected chi connectivity index (χ3v) is 5.96. The summed E-state index contributed by atoms with van der Waals surface area (Å²) in [7, 11) is 0. The Hall–Kier alpha value is -2.57. The summed E-state index contributed by atoms with van der Waals surface area (Å²) in [5.41, 5.74) is 1.57. The lowest BCUT2D eigenvalue weighted by atomic mass is 10.1. The molecule has 0 spiro atoms. The lowest BCUT2D eigenvalue weighted by Crippen LogP contribution is -2.42. The summed E-state index contributed by atoms with van der Waals surface area (Å²) in [6.45, 7) is 7.19. The van der Waals surface area contributed by atoms with Crippen LogP contribution in [0.2, 0.25) is 5.02 Å². The van der Waals surface area contributed by atoms with Gasteiger partial charge < -0.3 is 19.3 Å². The summed E-state index contributed by atoms with van der Waals surface area (Å²) >= 11 is 6.15. The van der Waals surface area contributed by atoms with Crippen molar-refractivity contribution in [3.05, 3.63) is 59.4 Å². The first-order valence-electron chi connectivity index (χ1n) is 10.5. The first-order chi connectivity index (χ1) is 14.7. The molecule has 2 aromatic carbocycles. The highest BCUT2D eigenvalue weighted by molar-refractivity contribution is 6.32. The van der Waals surface area contributed by atoms with Crippen molar-refractivity contribution in [1.29, 1.82) is 0 Å². The SMILES string of the molecule is CC(C)(C)N1CC(c2nc3ccccc3n2CC(O)COc2ccccc2Cl)CC1=O. The van der Waals surface area contributed by atoms with E-state index in [1.165, 1.54) is 0 Å². The molecule has 1 saturated heterocycles. The smallest absolute Gasteiger partial charge is 0.223 e. The second kappa shape index (κ2) is 8.52. The Morgan fingerprint density at radius 2 is 1.90 bits per heavy atom. The summed E-state index contributed by atoms with van der Waals surface area (Å²) in [6, 6.07) is 15.1. The van der Waals surface area contributed by atoms with Gasteiger partial charge in [-0.25, -0.2) is 4.98 Å². The summed E-state index contributed by atoms with van der Waals surface area (Å²) in [6.07, 6.45) is -0.337. The zero-order chi connectivity index (χ0) is 22.2. The Morgan fingerprint density at radius 3 is 2.61 bits per heavy atom. The van der Waals surface area contributed by atoms with Gasteiger partial charge in [0.25, 0.3) is 0 Å². The first-order valence-corrected chi connectivity index (χ1v) is 10.9. The van der Waals surface area contributed by atoms with Gasteiger partial charge in [-0.05, 0) is 45.0 Å². The third kappa shape index (κ3) is 4.55. The number of fused-ring (bicyclic) bond motifs is 1. The maximum Gasteiger partial charge on any atom is 0.223 e. The van der Waals surface area contributed by atoms with Gasteiger partial charge in [0.1, 0.15) is 24.3 Å². The Kier molecular flexibility index (Phi) is 5.95. The number of amides is 1. The minimum atomic E-state index is -0.761. The molecule has 0 saturated carbocycles. The van der Waals surface area contributed by atoms with Gasteiger partial charge >= 0.3 is 0 Å². The quantitative estimate of drug-likeness (QED) is 0.621. The van der Waals surface area contributed by atoms with Crippen molar-refractivity contribution in [3.63, 3.8) is 0 Å². The van der Waals surface area contributed by atoms with Gasteiger partial charge in [0, 0.05) is 24.4 Å². The number of nitrogens with zero attached hydrogens (tertiary/aromatic N) is 3. The van der Waals surface area contributed by atoms with Crippen LogP contribution < -0.4 is 4.74 Å². The van der Waals surface area contributed by atoms with E-state index in [1.807, 2.05) is 66.6 Å². The number of aromatic nitrogens is 2. The lowest BCUT2D eigenvalue weighted by molar-refractivity contribution is -0.131. The Balaban J connectivity index is 1.57. The molecule has 1 fully saturated rings. The van der Waals surface area contributed by atoms with Gasteiger partial charge in [0.2, 0.25) is 5.91 Å². The number of aliphatic hydroxyl groups excluding tert-OH is 1. The number of aliphatic hydroxyl groups is 1. The van der Waals surface area contributed by atoms with Crippen LogP contribution >= 0.6 is 11.6 Å². The first kappa shape index (κ1) is 21.7. The summed E-state index contributed by atoms with van der Waals surface area (Å²) in [4.78, 5) is 19.4. The predicted molar refractivity (Wildman–Crippen MR) is 122 cm³/mol. The molecule has 2 atom stereocenters. The minimum Gasteiger partial charge on any atom is -0.489 e. The molecule has 6 nitrogen and oxygen atoms in total. The second-order valence-electron chi connectivity index (χ2n) is 9.04. The average molecular weight is 442 g/mol. The Morgan fingerprint density at radius 1 is 1.19 bits per heavy atom. The van der Waals surface area contributed by atoms with E-state index in [4.69, 9.17) is 21.3 Å². The largest absolute Gasteiger partial charge is 0.489 e. The van der Waals surface area contributed by atoms with Crippen molar-refractivity contribution in [1.82, 2.24) is 14.5 Å². The second-order valence-corrected chi connectivity index (χ2v) is 9.45. The number of likely N-dealkylation sites (tertiary alicyclic amines) is 1. The molecular weight excluding hydrogens is 414 g/mol. The number of carbonyl (C=O) groups excluding carboxylic acids is 1. The zero-order valence-corrected chi connectivity index (χ0v) is 18.8. The van der Waals surface area contributed by atoms with Crippen LogP contribution in [0.5, 0.6) is 5.75 Å². The van der Waals surface area contributed by atoms with Gasteiger partial charge in [0.05, 0.1) is 22.6 Å². The van der Waals surface area contributed by atoms with Crippen LogP contribution in [0, 0.1) is 0 Å². The molecule has 164 valence electrons. The predicted octanol–water partition coefficient (Wildman–Crippen LogP) is 4.24. The van der Waals surface area contributed by atoms with Gasteiger partial charge in [0.15, 0.2) is 0 Å². The number of halogens is 1. The fourth-order valence-electron chi connectivity index (χ4n) is 4.14. The highest BCUT2D eigenvalue weighted by Crippen LogP contribution is 2.34. The van der Waals surface area contributed by atoms with E-state index in [2.05, 4.69) is 0 Å². The van der Waals surface area contributed by atoms with Gasteiger partial charge in [-0.1, -0.05) is 35.9 Å². The third-order valence-electron chi connectivity index (χ3n) is 5.65. The number of hydrogen-bond acceptors (Lipinski definition) is 4.